The molecule has 0 bridgehead atoms. The van der Waals surface area contributed by atoms with Gasteiger partial charge >= 0.3 is 5.97 Å². The van der Waals surface area contributed by atoms with Crippen LogP contribution < -0.4 is 5.14 Å². The van der Waals surface area contributed by atoms with Gasteiger partial charge in [-0.2, -0.15) is 0 Å². The van der Waals surface area contributed by atoms with Gasteiger partial charge in [0, 0.05) is 19.0 Å². The van der Waals surface area contributed by atoms with Crippen molar-refractivity contribution >= 4 is 21.9 Å². The second kappa shape index (κ2) is 7.76. The van der Waals surface area contributed by atoms with Gasteiger partial charge in [-0.25, -0.2) is 13.6 Å². The van der Waals surface area contributed by atoms with E-state index in [9.17, 15) is 18.0 Å². The topological polar surface area (TPSA) is 107 Å². The summed E-state index contributed by atoms with van der Waals surface area (Å²) in [5.74, 6) is -0.200. The predicted molar refractivity (Wildman–Crippen MR) is 87.5 cm³/mol. The molecule has 0 unspecified atom stereocenters. The summed E-state index contributed by atoms with van der Waals surface area (Å²) < 4.78 is 27.1. The lowest BCUT2D eigenvalue weighted by atomic mass is 10.1. The van der Waals surface area contributed by atoms with E-state index >= 15 is 0 Å². The van der Waals surface area contributed by atoms with Crippen molar-refractivity contribution in [3.8, 4) is 0 Å². The number of sulfonamides is 1. The lowest BCUT2D eigenvalue weighted by molar-refractivity contribution is -0.142. The fourth-order valence-electron chi connectivity index (χ4n) is 2.36. The molecule has 1 aliphatic rings. The van der Waals surface area contributed by atoms with Gasteiger partial charge in [0.05, 0.1) is 18.4 Å². The molecule has 2 N–H and O–H groups in total. The maximum atomic E-state index is 12.3. The minimum Gasteiger partial charge on any atom is -0.469 e. The van der Waals surface area contributed by atoms with Gasteiger partial charge in [-0.15, -0.1) is 0 Å². The summed E-state index contributed by atoms with van der Waals surface area (Å²) >= 11 is 0. The van der Waals surface area contributed by atoms with Gasteiger partial charge in [-0.3, -0.25) is 9.59 Å². The maximum Gasteiger partial charge on any atom is 0.307 e. The van der Waals surface area contributed by atoms with E-state index in [2.05, 4.69) is 4.74 Å². The van der Waals surface area contributed by atoms with Crippen LogP contribution in [0.5, 0.6) is 0 Å². The number of carbonyl (C=O) groups excluding carboxylic acids is 2. The van der Waals surface area contributed by atoms with Gasteiger partial charge in [-0.05, 0) is 37.0 Å². The van der Waals surface area contributed by atoms with E-state index < -0.39 is 10.0 Å². The monoisotopic (exact) mass is 354 g/mol. The summed E-state index contributed by atoms with van der Waals surface area (Å²) in [5.41, 5.74) is 0.897. The summed E-state index contributed by atoms with van der Waals surface area (Å²) in [6.07, 6.45) is 2.54. The average Bonchev–Trinajstić information content (AvgIpc) is 3.38. The first-order chi connectivity index (χ1) is 11.3. The second-order valence-corrected chi connectivity index (χ2v) is 7.43. The number of hydrogen-bond acceptors (Lipinski definition) is 5. The van der Waals surface area contributed by atoms with E-state index in [-0.39, 0.29) is 29.1 Å². The predicted octanol–water partition coefficient (Wildman–Crippen LogP) is 0.678. The molecule has 0 atom stereocenters. The van der Waals surface area contributed by atoms with Crippen LogP contribution in [-0.2, 0) is 30.8 Å². The van der Waals surface area contributed by atoms with E-state index in [1.54, 1.807) is 17.0 Å². The summed E-state index contributed by atoms with van der Waals surface area (Å²) in [4.78, 5) is 25.3. The zero-order valence-electron chi connectivity index (χ0n) is 13.6. The van der Waals surface area contributed by atoms with Crippen LogP contribution in [0.25, 0.3) is 0 Å². The highest BCUT2D eigenvalue weighted by Gasteiger charge is 2.33. The number of esters is 1. The molecule has 0 aromatic heterocycles. The van der Waals surface area contributed by atoms with Crippen molar-refractivity contribution in [1.82, 2.24) is 4.90 Å². The Bertz CT molecular complexity index is 696. The van der Waals surface area contributed by atoms with E-state index in [1.165, 1.54) is 19.2 Å². The Morgan fingerprint density at radius 3 is 2.33 bits per heavy atom. The third kappa shape index (κ3) is 5.31. The smallest absolute Gasteiger partial charge is 0.307 e. The highest BCUT2D eigenvalue weighted by atomic mass is 32.2. The van der Waals surface area contributed by atoms with Crippen molar-refractivity contribution in [2.45, 2.75) is 30.6 Å². The molecule has 1 amide bonds. The number of carbonyl (C=O) groups is 2. The number of benzene rings is 1. The fourth-order valence-corrected chi connectivity index (χ4v) is 2.87. The molecule has 7 nitrogen and oxygen atoms in total. The molecule has 0 aliphatic heterocycles. The molecule has 1 aromatic rings. The van der Waals surface area contributed by atoms with E-state index in [1.807, 2.05) is 0 Å². The fraction of sp³-hybridized carbons (Fsp3) is 0.500. The highest BCUT2D eigenvalue weighted by molar-refractivity contribution is 7.89. The number of primary sulfonamides is 1. The third-order valence-electron chi connectivity index (χ3n) is 3.97. The molecule has 132 valence electrons. The Labute approximate surface area is 141 Å². The minimum absolute atomic E-state index is 0.0582. The van der Waals surface area contributed by atoms with Crippen molar-refractivity contribution in [3.63, 3.8) is 0 Å². The number of nitrogens with two attached hydrogens (primary N) is 1. The molecule has 1 fully saturated rings. The first-order valence-electron chi connectivity index (χ1n) is 7.78. The molecule has 0 spiro atoms. The van der Waals surface area contributed by atoms with Crippen LogP contribution in [0.1, 0.15) is 24.8 Å². The summed E-state index contributed by atoms with van der Waals surface area (Å²) in [5, 5.41) is 5.07. The Kier molecular flexibility index (Phi) is 5.95. The molecule has 1 aliphatic carbocycles. The lowest BCUT2D eigenvalue weighted by Gasteiger charge is -2.22. The summed E-state index contributed by atoms with van der Waals surface area (Å²) in [6.45, 7) is 0.804. The Hall–Kier alpha value is -1.93. The number of ether oxygens (including phenoxy) is 1. The zero-order valence-corrected chi connectivity index (χ0v) is 14.4. The lowest BCUT2D eigenvalue weighted by Crippen LogP contribution is -2.36. The van der Waals surface area contributed by atoms with Crippen molar-refractivity contribution in [3.05, 3.63) is 29.8 Å². The van der Waals surface area contributed by atoms with Crippen LogP contribution in [0.15, 0.2) is 29.2 Å². The maximum absolute atomic E-state index is 12.3. The quantitative estimate of drug-likeness (QED) is 0.691. The molecule has 8 heteroatoms. The van der Waals surface area contributed by atoms with Crippen molar-refractivity contribution in [2.75, 3.05) is 20.2 Å². The molecule has 1 saturated carbocycles. The molecular formula is C16H22N2O5S. The van der Waals surface area contributed by atoms with Gasteiger partial charge in [0.2, 0.25) is 15.9 Å². The summed E-state index contributed by atoms with van der Waals surface area (Å²) in [7, 11) is -2.38. The van der Waals surface area contributed by atoms with Crippen LogP contribution >= 0.6 is 0 Å². The minimum atomic E-state index is -3.70. The Balaban J connectivity index is 1.96. The largest absolute Gasteiger partial charge is 0.469 e. The summed E-state index contributed by atoms with van der Waals surface area (Å²) in [6, 6.07) is 6.26. The van der Waals surface area contributed by atoms with Crippen LogP contribution in [-0.4, -0.2) is 45.4 Å². The van der Waals surface area contributed by atoms with E-state index in [0.717, 1.165) is 18.4 Å². The standard InChI is InChI=1S/C16H22N2O5S/c1-23-15(19)9-11-18(16(20)13-4-5-13)10-8-12-2-6-14(7-3-12)24(17,21)22/h2-3,6-7,13H,4-5,8-11H2,1H3,(H2,17,21,22). The van der Waals surface area contributed by atoms with Crippen molar-refractivity contribution in [1.29, 1.82) is 0 Å². The number of nitrogens with zero attached hydrogens (tertiary/aromatic N) is 1. The number of amides is 1. The van der Waals surface area contributed by atoms with Crippen LogP contribution in [0.4, 0.5) is 0 Å². The third-order valence-corrected chi connectivity index (χ3v) is 4.90. The van der Waals surface area contributed by atoms with Crippen LogP contribution in [0.3, 0.4) is 0 Å². The van der Waals surface area contributed by atoms with Crippen molar-refractivity contribution < 1.29 is 22.7 Å². The van der Waals surface area contributed by atoms with Crippen LogP contribution in [0, 0.1) is 5.92 Å². The molecular weight excluding hydrogens is 332 g/mol. The number of hydrogen-bond donors (Lipinski definition) is 1. The molecule has 0 saturated heterocycles. The number of rotatable bonds is 8. The molecule has 0 heterocycles. The van der Waals surface area contributed by atoms with Gasteiger partial charge in [0.15, 0.2) is 0 Å². The van der Waals surface area contributed by atoms with Crippen molar-refractivity contribution in [2.24, 2.45) is 11.1 Å². The average molecular weight is 354 g/mol. The van der Waals surface area contributed by atoms with Gasteiger partial charge in [-0.1, -0.05) is 12.1 Å². The van der Waals surface area contributed by atoms with Crippen LogP contribution in [0.2, 0.25) is 0 Å². The zero-order chi connectivity index (χ0) is 17.7. The molecule has 0 radical (unpaired) electrons. The Morgan fingerprint density at radius 1 is 1.21 bits per heavy atom. The van der Waals surface area contributed by atoms with E-state index in [0.29, 0.717) is 19.5 Å². The Morgan fingerprint density at radius 2 is 1.83 bits per heavy atom. The highest BCUT2D eigenvalue weighted by Crippen LogP contribution is 2.31. The second-order valence-electron chi connectivity index (χ2n) is 5.86. The first kappa shape index (κ1) is 18.4. The van der Waals surface area contributed by atoms with Gasteiger partial charge < -0.3 is 9.64 Å². The normalized spacial score (nSPS) is 14.2. The molecule has 24 heavy (non-hydrogen) atoms. The SMILES string of the molecule is COC(=O)CCN(CCc1ccc(S(N)(=O)=O)cc1)C(=O)C1CC1. The van der Waals surface area contributed by atoms with Gasteiger partial charge in [0.25, 0.3) is 0 Å². The number of methoxy groups -OCH3 is 1. The molecule has 2 rings (SSSR count). The first-order valence-corrected chi connectivity index (χ1v) is 9.33. The molecule has 1 aromatic carbocycles. The van der Waals surface area contributed by atoms with E-state index in [4.69, 9.17) is 5.14 Å². The van der Waals surface area contributed by atoms with Gasteiger partial charge in [0.1, 0.15) is 0 Å².